The molecule has 1 N–H and O–H groups in total. The highest BCUT2D eigenvalue weighted by atomic mass is 32.2. The summed E-state index contributed by atoms with van der Waals surface area (Å²) in [6.45, 7) is 1.69. The number of sulfone groups is 1. The van der Waals surface area contributed by atoms with Crippen molar-refractivity contribution in [3.63, 3.8) is 0 Å². The standard InChI is InChI=1S/C14H17N3O4S/c1-14(19)7-3-4-10(14)17-11(18)6-5-9-8-15-13(16-12(9)17)22(2,20)21/h5-6,8,10,19H,3-4,7H2,1-2H3/t10-,14+/m0/s1. The largest absolute Gasteiger partial charge is 0.388 e. The lowest BCUT2D eigenvalue weighted by atomic mass is 10.00. The SMILES string of the molecule is C[C@@]1(O)CCC[C@@H]1n1c(=O)ccc2cnc(S(C)(=O)=O)nc21. The van der Waals surface area contributed by atoms with Crippen molar-refractivity contribution >= 4 is 20.9 Å². The summed E-state index contributed by atoms with van der Waals surface area (Å²) in [5.41, 5.74) is -1.08. The molecule has 1 saturated carbocycles. The summed E-state index contributed by atoms with van der Waals surface area (Å²) >= 11 is 0. The predicted octanol–water partition coefficient (Wildman–Crippen LogP) is 0.671. The van der Waals surface area contributed by atoms with Gasteiger partial charge in [-0.25, -0.2) is 13.4 Å². The molecule has 0 aliphatic heterocycles. The summed E-state index contributed by atoms with van der Waals surface area (Å²) in [6.07, 6.45) is 4.43. The van der Waals surface area contributed by atoms with Gasteiger partial charge in [-0.2, -0.15) is 4.98 Å². The first-order valence-electron chi connectivity index (χ1n) is 7.01. The van der Waals surface area contributed by atoms with Gasteiger partial charge in [-0.3, -0.25) is 9.36 Å². The normalized spacial score (nSPS) is 25.7. The van der Waals surface area contributed by atoms with E-state index in [1.165, 1.54) is 16.8 Å². The molecule has 2 heterocycles. The molecule has 8 heteroatoms. The first-order valence-corrected chi connectivity index (χ1v) is 8.90. The first-order chi connectivity index (χ1) is 10.2. The van der Waals surface area contributed by atoms with Crippen molar-refractivity contribution in [2.75, 3.05) is 6.26 Å². The van der Waals surface area contributed by atoms with E-state index < -0.39 is 21.5 Å². The molecule has 0 radical (unpaired) electrons. The average Bonchev–Trinajstić information content (AvgIpc) is 2.76. The van der Waals surface area contributed by atoms with E-state index in [1.54, 1.807) is 13.0 Å². The topological polar surface area (TPSA) is 102 Å². The Morgan fingerprint density at radius 1 is 1.41 bits per heavy atom. The fraction of sp³-hybridized carbons (Fsp3) is 0.500. The molecule has 0 aromatic carbocycles. The number of pyridine rings is 1. The van der Waals surface area contributed by atoms with E-state index in [-0.39, 0.29) is 16.4 Å². The van der Waals surface area contributed by atoms with Crippen LogP contribution in [0.25, 0.3) is 11.0 Å². The van der Waals surface area contributed by atoms with E-state index in [9.17, 15) is 18.3 Å². The molecule has 2 atom stereocenters. The first kappa shape index (κ1) is 15.1. The Morgan fingerprint density at radius 2 is 2.14 bits per heavy atom. The van der Waals surface area contributed by atoms with Crippen molar-refractivity contribution in [3.05, 3.63) is 28.7 Å². The molecule has 0 amide bonds. The quantitative estimate of drug-likeness (QED) is 0.815. The van der Waals surface area contributed by atoms with Crippen molar-refractivity contribution in [1.29, 1.82) is 0 Å². The minimum Gasteiger partial charge on any atom is -0.388 e. The van der Waals surface area contributed by atoms with Gasteiger partial charge in [0.2, 0.25) is 15.0 Å². The Morgan fingerprint density at radius 3 is 2.73 bits per heavy atom. The molecule has 118 valence electrons. The Kier molecular flexibility index (Phi) is 3.33. The van der Waals surface area contributed by atoms with Gasteiger partial charge < -0.3 is 5.11 Å². The molecule has 0 spiro atoms. The molecule has 7 nitrogen and oxygen atoms in total. The van der Waals surface area contributed by atoms with Crippen molar-refractivity contribution in [2.45, 2.75) is 43.0 Å². The van der Waals surface area contributed by atoms with Gasteiger partial charge in [-0.05, 0) is 32.3 Å². The molecule has 3 rings (SSSR count). The lowest BCUT2D eigenvalue weighted by Crippen LogP contribution is -2.37. The number of hydrogen-bond donors (Lipinski definition) is 1. The van der Waals surface area contributed by atoms with Crippen molar-refractivity contribution in [3.8, 4) is 0 Å². The molecular weight excluding hydrogens is 306 g/mol. The van der Waals surface area contributed by atoms with Gasteiger partial charge in [0, 0.05) is 23.9 Å². The zero-order valence-corrected chi connectivity index (χ0v) is 13.2. The number of rotatable bonds is 2. The molecule has 1 fully saturated rings. The molecule has 2 aromatic heterocycles. The Balaban J connectivity index is 2.33. The van der Waals surface area contributed by atoms with E-state index >= 15 is 0 Å². The van der Waals surface area contributed by atoms with E-state index in [0.717, 1.165) is 12.7 Å². The van der Waals surface area contributed by atoms with Crippen LogP contribution in [0.1, 0.15) is 32.2 Å². The highest BCUT2D eigenvalue weighted by molar-refractivity contribution is 7.90. The third-order valence-electron chi connectivity index (χ3n) is 4.17. The Bertz CT molecular complexity index is 902. The van der Waals surface area contributed by atoms with Crippen LogP contribution in [0.3, 0.4) is 0 Å². The molecular formula is C14H17N3O4S. The van der Waals surface area contributed by atoms with Gasteiger partial charge in [0.05, 0.1) is 11.6 Å². The van der Waals surface area contributed by atoms with Gasteiger partial charge in [0.1, 0.15) is 5.65 Å². The summed E-state index contributed by atoms with van der Waals surface area (Å²) in [5, 5.41) is 10.7. The Hall–Kier alpha value is -1.80. The predicted molar refractivity (Wildman–Crippen MR) is 80.4 cm³/mol. The smallest absolute Gasteiger partial charge is 0.252 e. The minimum absolute atomic E-state index is 0.245. The van der Waals surface area contributed by atoms with Crippen LogP contribution < -0.4 is 5.56 Å². The number of nitrogens with zero attached hydrogens (tertiary/aromatic N) is 3. The van der Waals surface area contributed by atoms with Gasteiger partial charge >= 0.3 is 0 Å². The van der Waals surface area contributed by atoms with Crippen molar-refractivity contribution < 1.29 is 13.5 Å². The third-order valence-corrected chi connectivity index (χ3v) is 5.03. The van der Waals surface area contributed by atoms with Crippen LogP contribution in [0.2, 0.25) is 0 Å². The second-order valence-electron chi connectivity index (χ2n) is 6.01. The summed E-state index contributed by atoms with van der Waals surface area (Å²) in [4.78, 5) is 20.2. The maximum atomic E-state index is 12.3. The zero-order valence-electron chi connectivity index (χ0n) is 12.4. The van der Waals surface area contributed by atoms with Crippen LogP contribution in [-0.2, 0) is 9.84 Å². The van der Waals surface area contributed by atoms with Crippen molar-refractivity contribution in [1.82, 2.24) is 14.5 Å². The number of aromatic nitrogens is 3. The summed E-state index contributed by atoms with van der Waals surface area (Å²) < 4.78 is 24.7. The summed E-state index contributed by atoms with van der Waals surface area (Å²) in [6, 6.07) is 2.52. The van der Waals surface area contributed by atoms with Gasteiger partial charge in [0.25, 0.3) is 5.56 Å². The Labute approximate surface area is 127 Å². The molecule has 0 bridgehead atoms. The van der Waals surface area contributed by atoms with Crippen LogP contribution in [-0.4, -0.2) is 39.9 Å². The minimum atomic E-state index is -3.58. The van der Waals surface area contributed by atoms with E-state index in [4.69, 9.17) is 0 Å². The lowest BCUT2D eigenvalue weighted by Gasteiger charge is -2.28. The highest BCUT2D eigenvalue weighted by Crippen LogP contribution is 2.39. The maximum Gasteiger partial charge on any atom is 0.252 e. The molecule has 1 aliphatic carbocycles. The van der Waals surface area contributed by atoms with Crippen LogP contribution in [0.15, 0.2) is 28.3 Å². The van der Waals surface area contributed by atoms with E-state index in [1.807, 2.05) is 0 Å². The fourth-order valence-corrected chi connectivity index (χ4v) is 3.54. The molecule has 22 heavy (non-hydrogen) atoms. The molecule has 1 aliphatic rings. The second-order valence-corrected chi connectivity index (χ2v) is 7.92. The van der Waals surface area contributed by atoms with Crippen LogP contribution in [0, 0.1) is 0 Å². The van der Waals surface area contributed by atoms with E-state index in [2.05, 4.69) is 9.97 Å². The highest BCUT2D eigenvalue weighted by Gasteiger charge is 2.39. The van der Waals surface area contributed by atoms with E-state index in [0.29, 0.717) is 18.2 Å². The number of fused-ring (bicyclic) bond motifs is 1. The third kappa shape index (κ3) is 2.42. The number of hydrogen-bond acceptors (Lipinski definition) is 6. The summed E-state index contributed by atoms with van der Waals surface area (Å²) in [7, 11) is -3.58. The monoisotopic (exact) mass is 323 g/mol. The summed E-state index contributed by atoms with van der Waals surface area (Å²) in [5.74, 6) is 0. The molecule has 0 unspecified atom stereocenters. The molecule has 2 aromatic rings. The van der Waals surface area contributed by atoms with Crippen LogP contribution in [0.5, 0.6) is 0 Å². The van der Waals surface area contributed by atoms with Crippen LogP contribution in [0.4, 0.5) is 0 Å². The fourth-order valence-electron chi connectivity index (χ4n) is 3.04. The second kappa shape index (κ2) is 4.85. The lowest BCUT2D eigenvalue weighted by molar-refractivity contribution is 0.0266. The van der Waals surface area contributed by atoms with Gasteiger partial charge in [0.15, 0.2) is 0 Å². The average molecular weight is 323 g/mol. The van der Waals surface area contributed by atoms with Crippen molar-refractivity contribution in [2.24, 2.45) is 0 Å². The number of aliphatic hydroxyl groups is 1. The van der Waals surface area contributed by atoms with Gasteiger partial charge in [-0.15, -0.1) is 0 Å². The van der Waals surface area contributed by atoms with Gasteiger partial charge in [-0.1, -0.05) is 0 Å². The maximum absolute atomic E-state index is 12.3. The molecule has 0 saturated heterocycles. The van der Waals surface area contributed by atoms with Crippen LogP contribution >= 0.6 is 0 Å². The zero-order chi connectivity index (χ0) is 16.1.